The molecule has 0 spiro atoms. The van der Waals surface area contributed by atoms with Crippen molar-refractivity contribution in [2.45, 2.75) is 72.0 Å². The third-order valence-corrected chi connectivity index (χ3v) is 3.95. The molecule has 0 aromatic rings. The molecule has 5 heteroatoms. The molecule has 3 atom stereocenters. The molecule has 0 radical (unpaired) electrons. The van der Waals surface area contributed by atoms with E-state index in [1.165, 1.54) is 0 Å². The first-order valence-electron chi connectivity index (χ1n) is 8.14. The van der Waals surface area contributed by atoms with Gasteiger partial charge in [0, 0.05) is 18.5 Å². The molecule has 1 aliphatic rings. The van der Waals surface area contributed by atoms with Gasteiger partial charge < -0.3 is 16.0 Å². The van der Waals surface area contributed by atoms with Gasteiger partial charge in [0.2, 0.25) is 11.8 Å². The van der Waals surface area contributed by atoms with Crippen molar-refractivity contribution in [3.05, 3.63) is 0 Å². The van der Waals surface area contributed by atoms with Crippen LogP contribution in [0.3, 0.4) is 0 Å². The zero-order valence-corrected chi connectivity index (χ0v) is 14.0. The summed E-state index contributed by atoms with van der Waals surface area (Å²) in [5, 5.41) is 9.34. The monoisotopic (exact) mass is 297 g/mol. The second kappa shape index (κ2) is 8.37. The van der Waals surface area contributed by atoms with E-state index in [0.29, 0.717) is 12.3 Å². The van der Waals surface area contributed by atoms with Crippen LogP contribution in [0.1, 0.15) is 53.9 Å². The van der Waals surface area contributed by atoms with Crippen LogP contribution in [0.15, 0.2) is 0 Å². The minimum absolute atomic E-state index is 0.0475. The smallest absolute Gasteiger partial charge is 0.243 e. The van der Waals surface area contributed by atoms with Crippen molar-refractivity contribution in [3.8, 4) is 0 Å². The SMILES string of the molecule is CC(C)CC(=O)NC(C(=O)NC1CCCNC1C)C(C)C. The summed E-state index contributed by atoms with van der Waals surface area (Å²) < 4.78 is 0. The summed E-state index contributed by atoms with van der Waals surface area (Å²) in [4.78, 5) is 24.4. The highest BCUT2D eigenvalue weighted by Crippen LogP contribution is 2.10. The molecule has 21 heavy (non-hydrogen) atoms. The first kappa shape index (κ1) is 18.0. The van der Waals surface area contributed by atoms with Crippen LogP contribution in [0.2, 0.25) is 0 Å². The molecule has 1 saturated heterocycles. The molecule has 3 unspecified atom stereocenters. The summed E-state index contributed by atoms with van der Waals surface area (Å²) in [6.07, 6.45) is 2.52. The van der Waals surface area contributed by atoms with Crippen LogP contribution < -0.4 is 16.0 Å². The average molecular weight is 297 g/mol. The largest absolute Gasteiger partial charge is 0.350 e. The van der Waals surface area contributed by atoms with Gasteiger partial charge in [-0.2, -0.15) is 0 Å². The van der Waals surface area contributed by atoms with Gasteiger partial charge in [-0.15, -0.1) is 0 Å². The molecule has 0 aromatic carbocycles. The molecule has 0 saturated carbocycles. The Hall–Kier alpha value is -1.10. The molecule has 1 rings (SSSR count). The van der Waals surface area contributed by atoms with Crippen LogP contribution in [0.25, 0.3) is 0 Å². The molecule has 122 valence electrons. The fourth-order valence-corrected chi connectivity index (χ4v) is 2.65. The summed E-state index contributed by atoms with van der Waals surface area (Å²) in [6, 6.07) is -0.0262. The molecule has 1 fully saturated rings. The molecule has 2 amide bonds. The van der Waals surface area contributed by atoms with Crippen molar-refractivity contribution < 1.29 is 9.59 Å². The zero-order chi connectivity index (χ0) is 16.0. The topological polar surface area (TPSA) is 70.2 Å². The Bertz CT molecular complexity index is 355. The minimum Gasteiger partial charge on any atom is -0.350 e. The average Bonchev–Trinajstić information content (AvgIpc) is 2.37. The quantitative estimate of drug-likeness (QED) is 0.694. The maximum Gasteiger partial charge on any atom is 0.243 e. The highest BCUT2D eigenvalue weighted by Gasteiger charge is 2.29. The number of carbonyl (C=O) groups is 2. The van der Waals surface area contributed by atoms with E-state index in [1.807, 2.05) is 27.7 Å². The summed E-state index contributed by atoms with van der Waals surface area (Å²) in [5.41, 5.74) is 0. The van der Waals surface area contributed by atoms with E-state index in [9.17, 15) is 9.59 Å². The Balaban J connectivity index is 2.58. The standard InChI is InChI=1S/C16H31N3O2/c1-10(2)9-14(20)19-15(11(3)4)16(21)18-13-7-6-8-17-12(13)5/h10-13,15,17H,6-9H2,1-5H3,(H,18,21)(H,19,20). The fourth-order valence-electron chi connectivity index (χ4n) is 2.65. The summed E-state index contributed by atoms with van der Waals surface area (Å²) in [6.45, 7) is 11.0. The van der Waals surface area contributed by atoms with Crippen molar-refractivity contribution in [2.24, 2.45) is 11.8 Å². The molecular formula is C16H31N3O2. The lowest BCUT2D eigenvalue weighted by Crippen LogP contribution is -2.57. The lowest BCUT2D eigenvalue weighted by molar-refractivity contribution is -0.131. The van der Waals surface area contributed by atoms with Crippen molar-refractivity contribution in [1.82, 2.24) is 16.0 Å². The first-order valence-corrected chi connectivity index (χ1v) is 8.14. The number of piperidine rings is 1. The lowest BCUT2D eigenvalue weighted by Gasteiger charge is -2.32. The molecule has 3 N–H and O–H groups in total. The van der Waals surface area contributed by atoms with Gasteiger partial charge in [0.05, 0.1) is 0 Å². The van der Waals surface area contributed by atoms with E-state index in [-0.39, 0.29) is 29.8 Å². The number of hydrogen-bond acceptors (Lipinski definition) is 3. The third-order valence-electron chi connectivity index (χ3n) is 3.95. The Kier molecular flexibility index (Phi) is 7.15. The fraction of sp³-hybridized carbons (Fsp3) is 0.875. The molecule has 0 aliphatic carbocycles. The zero-order valence-electron chi connectivity index (χ0n) is 14.0. The third kappa shape index (κ3) is 6.04. The Morgan fingerprint density at radius 1 is 1.24 bits per heavy atom. The summed E-state index contributed by atoms with van der Waals surface area (Å²) in [7, 11) is 0. The lowest BCUT2D eigenvalue weighted by atomic mass is 9.97. The van der Waals surface area contributed by atoms with Gasteiger partial charge in [0.15, 0.2) is 0 Å². The predicted molar refractivity (Wildman–Crippen MR) is 84.9 cm³/mol. The van der Waals surface area contributed by atoms with Crippen molar-refractivity contribution in [2.75, 3.05) is 6.54 Å². The summed E-state index contributed by atoms with van der Waals surface area (Å²) in [5.74, 6) is 0.257. The second-order valence-corrected chi connectivity index (χ2v) is 6.89. The highest BCUT2D eigenvalue weighted by molar-refractivity contribution is 5.88. The molecule has 1 heterocycles. The van der Waals surface area contributed by atoms with E-state index in [4.69, 9.17) is 0 Å². The Morgan fingerprint density at radius 2 is 1.90 bits per heavy atom. The number of hydrogen-bond donors (Lipinski definition) is 3. The van der Waals surface area contributed by atoms with Crippen LogP contribution in [0.5, 0.6) is 0 Å². The molecular weight excluding hydrogens is 266 g/mol. The van der Waals surface area contributed by atoms with E-state index in [2.05, 4.69) is 22.9 Å². The van der Waals surface area contributed by atoms with Gasteiger partial charge in [-0.05, 0) is 38.1 Å². The van der Waals surface area contributed by atoms with Gasteiger partial charge >= 0.3 is 0 Å². The number of carbonyl (C=O) groups excluding carboxylic acids is 2. The molecule has 5 nitrogen and oxygen atoms in total. The van der Waals surface area contributed by atoms with Crippen LogP contribution in [0.4, 0.5) is 0 Å². The van der Waals surface area contributed by atoms with Gasteiger partial charge in [-0.25, -0.2) is 0 Å². The van der Waals surface area contributed by atoms with Crippen molar-refractivity contribution in [3.63, 3.8) is 0 Å². The van der Waals surface area contributed by atoms with Gasteiger partial charge in [-0.3, -0.25) is 9.59 Å². The van der Waals surface area contributed by atoms with E-state index in [1.54, 1.807) is 0 Å². The molecule has 1 aliphatic heterocycles. The van der Waals surface area contributed by atoms with E-state index in [0.717, 1.165) is 19.4 Å². The minimum atomic E-state index is -0.453. The van der Waals surface area contributed by atoms with Crippen molar-refractivity contribution >= 4 is 11.8 Å². The molecule has 0 aromatic heterocycles. The maximum atomic E-state index is 12.5. The van der Waals surface area contributed by atoms with Gasteiger partial charge in [0.1, 0.15) is 6.04 Å². The number of nitrogens with one attached hydrogen (secondary N) is 3. The number of rotatable bonds is 6. The Labute approximate surface area is 128 Å². The van der Waals surface area contributed by atoms with Crippen LogP contribution in [-0.2, 0) is 9.59 Å². The van der Waals surface area contributed by atoms with E-state index < -0.39 is 6.04 Å². The normalized spacial score (nSPS) is 24.0. The summed E-state index contributed by atoms with van der Waals surface area (Å²) >= 11 is 0. The second-order valence-electron chi connectivity index (χ2n) is 6.89. The number of amides is 2. The Morgan fingerprint density at radius 3 is 2.43 bits per heavy atom. The predicted octanol–water partition coefficient (Wildman–Crippen LogP) is 1.43. The van der Waals surface area contributed by atoms with Crippen LogP contribution in [-0.4, -0.2) is 36.5 Å². The first-order chi connectivity index (χ1) is 9.81. The van der Waals surface area contributed by atoms with E-state index >= 15 is 0 Å². The van der Waals surface area contributed by atoms with Gasteiger partial charge in [-0.1, -0.05) is 27.7 Å². The highest BCUT2D eigenvalue weighted by atomic mass is 16.2. The maximum absolute atomic E-state index is 12.5. The van der Waals surface area contributed by atoms with Crippen LogP contribution >= 0.6 is 0 Å². The molecule has 0 bridgehead atoms. The van der Waals surface area contributed by atoms with Crippen molar-refractivity contribution in [1.29, 1.82) is 0 Å². The van der Waals surface area contributed by atoms with Gasteiger partial charge in [0.25, 0.3) is 0 Å². The van der Waals surface area contributed by atoms with Crippen LogP contribution in [0, 0.1) is 11.8 Å².